The Morgan fingerprint density at radius 2 is 1.77 bits per heavy atom. The summed E-state index contributed by atoms with van der Waals surface area (Å²) in [6.07, 6.45) is 0. The summed E-state index contributed by atoms with van der Waals surface area (Å²) in [5, 5.41) is 2.68. The number of halogens is 1. The van der Waals surface area contributed by atoms with Crippen LogP contribution in [0.5, 0.6) is 0 Å². The number of benzene rings is 2. The number of carbonyl (C=O) groups excluding carboxylic acids is 1. The molecular formula is C17H13ClN2OS. The Balaban J connectivity index is 2.27. The number of rotatable bonds is 2. The summed E-state index contributed by atoms with van der Waals surface area (Å²) < 4.78 is 1.97. The molecule has 0 unspecified atom stereocenters. The van der Waals surface area contributed by atoms with Crippen LogP contribution in [0.3, 0.4) is 0 Å². The van der Waals surface area contributed by atoms with E-state index in [1.54, 1.807) is 0 Å². The van der Waals surface area contributed by atoms with E-state index in [4.69, 9.17) is 11.6 Å². The van der Waals surface area contributed by atoms with Crippen molar-refractivity contribution in [3.05, 3.63) is 69.8 Å². The molecule has 0 saturated carbocycles. The van der Waals surface area contributed by atoms with Gasteiger partial charge in [-0.3, -0.25) is 9.36 Å². The molecule has 5 heteroatoms. The van der Waals surface area contributed by atoms with Gasteiger partial charge < -0.3 is 0 Å². The maximum atomic E-state index is 11.4. The third-order valence-electron chi connectivity index (χ3n) is 3.12. The van der Waals surface area contributed by atoms with E-state index in [2.05, 4.69) is 4.99 Å². The Kier molecular flexibility index (Phi) is 4.22. The van der Waals surface area contributed by atoms with E-state index in [1.807, 2.05) is 64.5 Å². The summed E-state index contributed by atoms with van der Waals surface area (Å²) >= 11 is 7.41. The van der Waals surface area contributed by atoms with Gasteiger partial charge in [0, 0.05) is 23.0 Å². The molecule has 0 fully saturated rings. The van der Waals surface area contributed by atoms with Crippen molar-refractivity contribution in [3.63, 3.8) is 0 Å². The Bertz CT molecular complexity index is 864. The molecule has 0 bridgehead atoms. The van der Waals surface area contributed by atoms with Gasteiger partial charge >= 0.3 is 0 Å². The highest BCUT2D eigenvalue weighted by molar-refractivity contribution is 7.07. The van der Waals surface area contributed by atoms with Crippen LogP contribution in [-0.4, -0.2) is 10.5 Å². The molecule has 1 heterocycles. The molecular weight excluding hydrogens is 316 g/mol. The van der Waals surface area contributed by atoms with Gasteiger partial charge in [-0.25, -0.2) is 0 Å². The van der Waals surface area contributed by atoms with Gasteiger partial charge in [-0.05, 0) is 29.8 Å². The van der Waals surface area contributed by atoms with Crippen molar-refractivity contribution in [2.45, 2.75) is 6.92 Å². The molecule has 3 rings (SSSR count). The number of hydrogen-bond acceptors (Lipinski definition) is 2. The third kappa shape index (κ3) is 3.03. The van der Waals surface area contributed by atoms with Gasteiger partial charge in [-0.15, -0.1) is 11.3 Å². The fourth-order valence-electron chi connectivity index (χ4n) is 2.17. The zero-order valence-corrected chi connectivity index (χ0v) is 13.4. The number of thiazole rings is 1. The molecule has 0 N–H and O–H groups in total. The summed E-state index contributed by atoms with van der Waals surface area (Å²) in [4.78, 5) is 16.2. The summed E-state index contributed by atoms with van der Waals surface area (Å²) in [5.74, 6) is -0.218. The summed E-state index contributed by atoms with van der Waals surface area (Å²) in [7, 11) is 0. The summed E-state index contributed by atoms with van der Waals surface area (Å²) in [6, 6.07) is 17.5. The first-order chi connectivity index (χ1) is 10.6. The minimum Gasteiger partial charge on any atom is -0.285 e. The predicted octanol–water partition coefficient (Wildman–Crippen LogP) is 4.31. The van der Waals surface area contributed by atoms with Crippen molar-refractivity contribution in [3.8, 4) is 16.9 Å². The second-order valence-corrected chi connectivity index (χ2v) is 5.99. The molecule has 0 radical (unpaired) electrons. The second-order valence-electron chi connectivity index (χ2n) is 4.71. The monoisotopic (exact) mass is 328 g/mol. The van der Waals surface area contributed by atoms with E-state index in [0.717, 1.165) is 16.9 Å². The molecule has 1 aromatic heterocycles. The Labute approximate surface area is 137 Å². The van der Waals surface area contributed by atoms with Crippen molar-refractivity contribution < 1.29 is 4.79 Å². The number of carbonyl (C=O) groups is 1. The molecule has 2 aromatic carbocycles. The molecule has 1 amide bonds. The van der Waals surface area contributed by atoms with Gasteiger partial charge in [0.1, 0.15) is 0 Å². The van der Waals surface area contributed by atoms with E-state index in [-0.39, 0.29) is 5.91 Å². The minimum absolute atomic E-state index is 0.218. The van der Waals surface area contributed by atoms with Crippen molar-refractivity contribution in [1.29, 1.82) is 0 Å². The van der Waals surface area contributed by atoms with Crippen LogP contribution < -0.4 is 4.80 Å². The topological polar surface area (TPSA) is 34.4 Å². The lowest BCUT2D eigenvalue weighted by atomic mass is 10.1. The van der Waals surface area contributed by atoms with Gasteiger partial charge in [0.25, 0.3) is 0 Å². The van der Waals surface area contributed by atoms with Crippen LogP contribution in [-0.2, 0) is 4.79 Å². The first-order valence-corrected chi connectivity index (χ1v) is 7.98. The average molecular weight is 329 g/mol. The normalized spacial score (nSPS) is 11.6. The van der Waals surface area contributed by atoms with E-state index in [1.165, 1.54) is 18.3 Å². The van der Waals surface area contributed by atoms with Crippen molar-refractivity contribution in [1.82, 2.24) is 4.57 Å². The van der Waals surface area contributed by atoms with Gasteiger partial charge in [0.2, 0.25) is 5.91 Å². The maximum absolute atomic E-state index is 11.4. The largest absolute Gasteiger partial charge is 0.285 e. The Morgan fingerprint density at radius 3 is 2.41 bits per heavy atom. The van der Waals surface area contributed by atoms with Gasteiger partial charge in [-0.2, -0.15) is 4.99 Å². The number of aromatic nitrogens is 1. The highest BCUT2D eigenvalue weighted by atomic mass is 35.5. The quantitative estimate of drug-likeness (QED) is 0.690. The smallest absolute Gasteiger partial charge is 0.245 e. The average Bonchev–Trinajstić information content (AvgIpc) is 2.92. The van der Waals surface area contributed by atoms with Crippen LogP contribution in [0.25, 0.3) is 16.9 Å². The first-order valence-electron chi connectivity index (χ1n) is 6.72. The number of hydrogen-bond donors (Lipinski definition) is 0. The highest BCUT2D eigenvalue weighted by Crippen LogP contribution is 2.24. The van der Waals surface area contributed by atoms with Crippen LogP contribution in [0.15, 0.2) is 65.0 Å². The van der Waals surface area contributed by atoms with Crippen LogP contribution >= 0.6 is 22.9 Å². The summed E-state index contributed by atoms with van der Waals surface area (Å²) in [6.45, 7) is 1.45. The maximum Gasteiger partial charge on any atom is 0.245 e. The standard InChI is InChI=1S/C17H13ClN2OS/c1-12(21)19-17-20(15-9-7-14(18)8-10-15)16(11-22-17)13-5-3-2-4-6-13/h2-11H,1H3. The van der Waals surface area contributed by atoms with Crippen molar-refractivity contribution in [2.75, 3.05) is 0 Å². The predicted molar refractivity (Wildman–Crippen MR) is 90.3 cm³/mol. The molecule has 0 aliphatic heterocycles. The van der Waals surface area contributed by atoms with Crippen molar-refractivity contribution >= 4 is 28.8 Å². The van der Waals surface area contributed by atoms with Gasteiger partial charge in [0.05, 0.1) is 5.69 Å². The molecule has 3 aromatic rings. The Hall–Kier alpha value is -2.17. The minimum atomic E-state index is -0.218. The van der Waals surface area contributed by atoms with Crippen LogP contribution in [0.1, 0.15) is 6.92 Å². The third-order valence-corrected chi connectivity index (χ3v) is 4.19. The lowest BCUT2D eigenvalue weighted by Gasteiger charge is -2.09. The Morgan fingerprint density at radius 1 is 1.09 bits per heavy atom. The molecule has 0 spiro atoms. The zero-order valence-electron chi connectivity index (χ0n) is 11.9. The lowest BCUT2D eigenvalue weighted by Crippen LogP contribution is -2.15. The fourth-order valence-corrected chi connectivity index (χ4v) is 3.25. The molecule has 110 valence electrons. The molecule has 22 heavy (non-hydrogen) atoms. The van der Waals surface area contributed by atoms with Crippen molar-refractivity contribution in [2.24, 2.45) is 4.99 Å². The zero-order chi connectivity index (χ0) is 15.5. The lowest BCUT2D eigenvalue weighted by molar-refractivity contribution is -0.116. The van der Waals surface area contributed by atoms with Gasteiger partial charge in [0.15, 0.2) is 4.80 Å². The number of nitrogens with zero attached hydrogens (tertiary/aromatic N) is 2. The molecule has 0 atom stereocenters. The second kappa shape index (κ2) is 6.30. The first kappa shape index (κ1) is 14.8. The van der Waals surface area contributed by atoms with Crippen LogP contribution in [0.4, 0.5) is 0 Å². The van der Waals surface area contributed by atoms with E-state index >= 15 is 0 Å². The van der Waals surface area contributed by atoms with Gasteiger partial charge in [-0.1, -0.05) is 41.9 Å². The fraction of sp³-hybridized carbons (Fsp3) is 0.0588. The van der Waals surface area contributed by atoms with E-state index < -0.39 is 0 Å². The van der Waals surface area contributed by atoms with Crippen LogP contribution in [0.2, 0.25) is 5.02 Å². The SMILES string of the molecule is CC(=O)N=c1scc(-c2ccccc2)n1-c1ccc(Cl)cc1. The summed E-state index contributed by atoms with van der Waals surface area (Å²) in [5.41, 5.74) is 2.98. The van der Waals surface area contributed by atoms with E-state index in [0.29, 0.717) is 9.82 Å². The molecule has 0 aliphatic rings. The number of amides is 1. The molecule has 0 aliphatic carbocycles. The molecule has 3 nitrogen and oxygen atoms in total. The van der Waals surface area contributed by atoms with E-state index in [9.17, 15) is 4.79 Å². The van der Waals surface area contributed by atoms with Crippen LogP contribution in [0, 0.1) is 0 Å². The molecule has 0 saturated heterocycles. The highest BCUT2D eigenvalue weighted by Gasteiger charge is 2.10.